The Morgan fingerprint density at radius 2 is 2.00 bits per heavy atom. The molecule has 1 fully saturated rings. The molecule has 5 nitrogen and oxygen atoms in total. The Morgan fingerprint density at radius 1 is 1.29 bits per heavy atom. The fourth-order valence-corrected chi connectivity index (χ4v) is 4.67. The average Bonchev–Trinajstić information content (AvgIpc) is 2.49. The van der Waals surface area contributed by atoms with Gasteiger partial charge in [0.15, 0.2) is 0 Å². The van der Waals surface area contributed by atoms with Crippen molar-refractivity contribution in [3.63, 3.8) is 0 Å². The van der Waals surface area contributed by atoms with Crippen LogP contribution in [0.5, 0.6) is 0 Å². The quantitative estimate of drug-likeness (QED) is 0.873. The van der Waals surface area contributed by atoms with Crippen LogP contribution in [0.2, 0.25) is 0 Å². The lowest BCUT2D eigenvalue weighted by Gasteiger charge is -2.37. The van der Waals surface area contributed by atoms with E-state index in [1.807, 2.05) is 37.3 Å². The van der Waals surface area contributed by atoms with Crippen molar-refractivity contribution in [2.45, 2.75) is 38.6 Å². The molecule has 1 aliphatic heterocycles. The van der Waals surface area contributed by atoms with E-state index in [4.69, 9.17) is 5.73 Å². The van der Waals surface area contributed by atoms with Gasteiger partial charge in [-0.3, -0.25) is 4.31 Å². The monoisotopic (exact) mass is 311 g/mol. The summed E-state index contributed by atoms with van der Waals surface area (Å²) in [6.07, 6.45) is 3.61. The first kappa shape index (κ1) is 16.3. The Labute approximate surface area is 127 Å². The molecule has 2 rings (SSSR count). The molecule has 1 atom stereocenters. The van der Waals surface area contributed by atoms with E-state index in [-0.39, 0.29) is 6.04 Å². The summed E-state index contributed by atoms with van der Waals surface area (Å²) in [5.41, 5.74) is 6.28. The summed E-state index contributed by atoms with van der Waals surface area (Å²) in [6.45, 7) is 3.50. The van der Waals surface area contributed by atoms with Crippen molar-refractivity contribution >= 4 is 15.9 Å². The van der Waals surface area contributed by atoms with Gasteiger partial charge in [-0.15, -0.1) is 0 Å². The first-order chi connectivity index (χ1) is 10.1. The van der Waals surface area contributed by atoms with Crippen LogP contribution in [-0.4, -0.2) is 38.4 Å². The molecule has 2 N–H and O–H groups in total. The normalized spacial score (nSPS) is 20.4. The third-order valence-electron chi connectivity index (χ3n) is 3.93. The van der Waals surface area contributed by atoms with Crippen molar-refractivity contribution in [1.82, 2.24) is 4.31 Å². The highest BCUT2D eigenvalue weighted by molar-refractivity contribution is 7.90. The fraction of sp³-hybridized carbons (Fsp3) is 0.600. The zero-order valence-electron chi connectivity index (χ0n) is 12.6. The van der Waals surface area contributed by atoms with Gasteiger partial charge in [-0.05, 0) is 44.9 Å². The van der Waals surface area contributed by atoms with E-state index in [2.05, 4.69) is 0 Å². The molecule has 0 radical (unpaired) electrons. The molecular weight excluding hydrogens is 286 g/mol. The number of hydrogen-bond donors (Lipinski definition) is 1. The highest BCUT2D eigenvalue weighted by atomic mass is 32.2. The summed E-state index contributed by atoms with van der Waals surface area (Å²) in [5.74, 6) is 0. The second kappa shape index (κ2) is 7.24. The van der Waals surface area contributed by atoms with Crippen molar-refractivity contribution in [2.24, 2.45) is 5.73 Å². The first-order valence-corrected chi connectivity index (χ1v) is 9.01. The zero-order valence-corrected chi connectivity index (χ0v) is 13.4. The number of nitrogens with zero attached hydrogens (tertiary/aromatic N) is 2. The Kier molecular flexibility index (Phi) is 5.61. The highest BCUT2D eigenvalue weighted by Gasteiger charge is 2.34. The summed E-state index contributed by atoms with van der Waals surface area (Å²) in [5, 5.41) is 0. The maximum absolute atomic E-state index is 13.0. The van der Waals surface area contributed by atoms with Gasteiger partial charge < -0.3 is 5.73 Å². The lowest BCUT2D eigenvalue weighted by atomic mass is 10.1. The van der Waals surface area contributed by atoms with Gasteiger partial charge in [0.05, 0.1) is 5.69 Å². The van der Waals surface area contributed by atoms with Gasteiger partial charge in [-0.2, -0.15) is 12.7 Å². The molecule has 0 bridgehead atoms. The number of para-hydroxylation sites is 1. The molecule has 0 aromatic heterocycles. The summed E-state index contributed by atoms with van der Waals surface area (Å²) < 4.78 is 29.2. The molecule has 0 aliphatic carbocycles. The van der Waals surface area contributed by atoms with Gasteiger partial charge in [-0.25, -0.2) is 0 Å². The Bertz CT molecular complexity index is 533. The van der Waals surface area contributed by atoms with Crippen LogP contribution >= 0.6 is 0 Å². The molecule has 1 saturated heterocycles. The number of rotatable bonds is 6. The van der Waals surface area contributed by atoms with E-state index >= 15 is 0 Å². The van der Waals surface area contributed by atoms with Crippen molar-refractivity contribution < 1.29 is 8.42 Å². The molecule has 0 amide bonds. The summed E-state index contributed by atoms with van der Waals surface area (Å²) in [7, 11) is -3.49. The molecule has 1 aromatic rings. The number of benzene rings is 1. The second-order valence-corrected chi connectivity index (χ2v) is 7.32. The standard InChI is InChI=1S/C15H25N3O2S/c1-14-8-5-6-12-17(14)21(19,20)18(13-7-11-16)15-9-3-2-4-10-15/h2-4,9-10,14H,5-8,11-13,16H2,1H3. The van der Waals surface area contributed by atoms with Crippen molar-refractivity contribution in [1.29, 1.82) is 0 Å². The summed E-state index contributed by atoms with van der Waals surface area (Å²) in [6, 6.07) is 9.35. The number of hydrogen-bond acceptors (Lipinski definition) is 3. The molecule has 1 unspecified atom stereocenters. The smallest absolute Gasteiger partial charge is 0.304 e. The molecule has 118 valence electrons. The lowest BCUT2D eigenvalue weighted by Crippen LogP contribution is -2.50. The molecule has 1 heterocycles. The number of anilines is 1. The summed E-state index contributed by atoms with van der Waals surface area (Å²) >= 11 is 0. The van der Waals surface area contributed by atoms with Crippen LogP contribution < -0.4 is 10.0 Å². The van der Waals surface area contributed by atoms with Gasteiger partial charge in [0.1, 0.15) is 0 Å². The Morgan fingerprint density at radius 3 is 2.62 bits per heavy atom. The van der Waals surface area contributed by atoms with Gasteiger partial charge in [-0.1, -0.05) is 24.6 Å². The largest absolute Gasteiger partial charge is 0.330 e. The summed E-state index contributed by atoms with van der Waals surface area (Å²) in [4.78, 5) is 0. The predicted octanol–water partition coefficient (Wildman–Crippen LogP) is 1.96. The third-order valence-corrected chi connectivity index (χ3v) is 6.01. The van der Waals surface area contributed by atoms with E-state index in [1.54, 1.807) is 4.31 Å². The van der Waals surface area contributed by atoms with E-state index < -0.39 is 10.2 Å². The van der Waals surface area contributed by atoms with E-state index in [0.717, 1.165) is 19.3 Å². The predicted molar refractivity (Wildman–Crippen MR) is 86.4 cm³/mol. The first-order valence-electron chi connectivity index (χ1n) is 7.62. The maximum atomic E-state index is 13.0. The molecule has 0 saturated carbocycles. The van der Waals surface area contributed by atoms with Crippen LogP contribution in [0.3, 0.4) is 0 Å². The third kappa shape index (κ3) is 3.75. The topological polar surface area (TPSA) is 66.6 Å². The average molecular weight is 311 g/mol. The molecular formula is C15H25N3O2S. The maximum Gasteiger partial charge on any atom is 0.304 e. The second-order valence-electron chi connectivity index (χ2n) is 5.51. The highest BCUT2D eigenvalue weighted by Crippen LogP contribution is 2.26. The minimum atomic E-state index is -3.49. The zero-order chi connectivity index (χ0) is 15.3. The Hall–Kier alpha value is -1.11. The molecule has 0 spiro atoms. The van der Waals surface area contributed by atoms with Crippen LogP contribution in [-0.2, 0) is 10.2 Å². The minimum Gasteiger partial charge on any atom is -0.330 e. The van der Waals surface area contributed by atoms with Gasteiger partial charge in [0.2, 0.25) is 0 Å². The van der Waals surface area contributed by atoms with Crippen molar-refractivity contribution in [3.8, 4) is 0 Å². The fourth-order valence-electron chi connectivity index (χ4n) is 2.75. The van der Waals surface area contributed by atoms with E-state index in [1.165, 1.54) is 4.31 Å². The van der Waals surface area contributed by atoms with Crippen LogP contribution in [0.1, 0.15) is 32.6 Å². The van der Waals surface area contributed by atoms with Gasteiger partial charge in [0, 0.05) is 19.1 Å². The van der Waals surface area contributed by atoms with E-state index in [9.17, 15) is 8.42 Å². The Balaban J connectivity index is 2.30. The van der Waals surface area contributed by atoms with E-state index in [0.29, 0.717) is 31.7 Å². The van der Waals surface area contributed by atoms with Crippen LogP contribution in [0, 0.1) is 0 Å². The molecule has 21 heavy (non-hydrogen) atoms. The van der Waals surface area contributed by atoms with Crippen molar-refractivity contribution in [2.75, 3.05) is 23.9 Å². The van der Waals surface area contributed by atoms with Gasteiger partial charge >= 0.3 is 10.2 Å². The lowest BCUT2D eigenvalue weighted by molar-refractivity contribution is 0.267. The molecule has 6 heteroatoms. The van der Waals surface area contributed by atoms with Crippen LogP contribution in [0.25, 0.3) is 0 Å². The minimum absolute atomic E-state index is 0.0628. The SMILES string of the molecule is CC1CCCCN1S(=O)(=O)N(CCCN)c1ccccc1. The van der Waals surface area contributed by atoms with Crippen LogP contribution in [0.15, 0.2) is 30.3 Å². The van der Waals surface area contributed by atoms with Crippen molar-refractivity contribution in [3.05, 3.63) is 30.3 Å². The van der Waals surface area contributed by atoms with Crippen LogP contribution in [0.4, 0.5) is 5.69 Å². The molecule has 1 aliphatic rings. The molecule has 1 aromatic carbocycles. The number of nitrogens with two attached hydrogens (primary N) is 1. The van der Waals surface area contributed by atoms with Gasteiger partial charge in [0.25, 0.3) is 0 Å². The number of piperidine rings is 1.